The monoisotopic (exact) mass is 209 g/mol. The second-order valence-corrected chi connectivity index (χ2v) is 5.09. The summed E-state index contributed by atoms with van der Waals surface area (Å²) < 4.78 is 0. The molecular weight excluding hydrogens is 194 g/mol. The first-order valence-corrected chi connectivity index (χ1v) is 5.46. The van der Waals surface area contributed by atoms with Crippen molar-refractivity contribution in [2.75, 3.05) is 6.54 Å². The van der Waals surface area contributed by atoms with Gasteiger partial charge < -0.3 is 5.32 Å². The van der Waals surface area contributed by atoms with Crippen molar-refractivity contribution < 1.29 is 0 Å². The molecule has 0 aromatic heterocycles. The van der Waals surface area contributed by atoms with Gasteiger partial charge >= 0.3 is 0 Å². The van der Waals surface area contributed by atoms with E-state index < -0.39 is 0 Å². The van der Waals surface area contributed by atoms with E-state index in [1.807, 2.05) is 12.1 Å². The maximum atomic E-state index is 6.17. The van der Waals surface area contributed by atoms with Crippen molar-refractivity contribution in [3.05, 3.63) is 34.9 Å². The van der Waals surface area contributed by atoms with E-state index in [0.717, 1.165) is 18.0 Å². The van der Waals surface area contributed by atoms with Crippen LogP contribution in [0.25, 0.3) is 0 Å². The van der Waals surface area contributed by atoms with Gasteiger partial charge in [-0.05, 0) is 37.8 Å². The summed E-state index contributed by atoms with van der Waals surface area (Å²) in [7, 11) is 0. The Balaban J connectivity index is 2.22. The predicted molar refractivity (Wildman–Crippen MR) is 60.9 cm³/mol. The Labute approximate surface area is 90.5 Å². The second-order valence-electron chi connectivity index (χ2n) is 4.69. The summed E-state index contributed by atoms with van der Waals surface area (Å²) in [6.07, 6.45) is 1.16. The van der Waals surface area contributed by atoms with E-state index in [9.17, 15) is 0 Å². The third kappa shape index (κ3) is 1.94. The highest BCUT2D eigenvalue weighted by Gasteiger charge is 2.31. The van der Waals surface area contributed by atoms with E-state index in [1.54, 1.807) is 0 Å². The maximum Gasteiger partial charge on any atom is 0.0441 e. The average molecular weight is 210 g/mol. The highest BCUT2D eigenvalue weighted by atomic mass is 35.5. The number of nitrogens with one attached hydrogen (secondary N) is 1. The lowest BCUT2D eigenvalue weighted by atomic mass is 9.91. The minimum absolute atomic E-state index is 0.254. The summed E-state index contributed by atoms with van der Waals surface area (Å²) >= 11 is 6.17. The zero-order valence-corrected chi connectivity index (χ0v) is 9.43. The number of hydrogen-bond acceptors (Lipinski definition) is 1. The first-order valence-electron chi connectivity index (χ1n) is 5.08. The van der Waals surface area contributed by atoms with Crippen molar-refractivity contribution in [3.8, 4) is 0 Å². The molecule has 1 heterocycles. The van der Waals surface area contributed by atoms with Gasteiger partial charge in [0.15, 0.2) is 0 Å². The van der Waals surface area contributed by atoms with E-state index >= 15 is 0 Å². The van der Waals surface area contributed by atoms with Gasteiger partial charge in [0, 0.05) is 17.1 Å². The van der Waals surface area contributed by atoms with Crippen LogP contribution in [0, 0.1) is 0 Å². The molecule has 0 radical (unpaired) electrons. The van der Waals surface area contributed by atoms with Crippen molar-refractivity contribution in [2.45, 2.75) is 31.7 Å². The largest absolute Gasteiger partial charge is 0.311 e. The number of hydrogen-bond donors (Lipinski definition) is 1. The van der Waals surface area contributed by atoms with Crippen LogP contribution in [0.1, 0.15) is 31.7 Å². The molecule has 1 aromatic rings. The van der Waals surface area contributed by atoms with Gasteiger partial charge in [0.25, 0.3) is 0 Å². The lowest BCUT2D eigenvalue weighted by Crippen LogP contribution is -2.31. The molecule has 1 N–H and O–H groups in total. The molecular formula is C12H16ClN. The number of rotatable bonds is 1. The molecule has 1 aromatic carbocycles. The first-order chi connectivity index (χ1) is 6.58. The van der Waals surface area contributed by atoms with E-state index in [0.29, 0.717) is 5.92 Å². The highest BCUT2D eigenvalue weighted by molar-refractivity contribution is 6.31. The van der Waals surface area contributed by atoms with Crippen LogP contribution in [0.2, 0.25) is 5.02 Å². The predicted octanol–water partition coefficient (Wildman–Crippen LogP) is 3.20. The molecule has 76 valence electrons. The van der Waals surface area contributed by atoms with Crippen LogP contribution in [0.4, 0.5) is 0 Å². The second kappa shape index (κ2) is 3.56. The van der Waals surface area contributed by atoms with Gasteiger partial charge in [-0.15, -0.1) is 0 Å². The fourth-order valence-electron chi connectivity index (χ4n) is 2.19. The minimum Gasteiger partial charge on any atom is -0.311 e. The van der Waals surface area contributed by atoms with Gasteiger partial charge in [0.1, 0.15) is 0 Å². The third-order valence-electron chi connectivity index (χ3n) is 2.93. The van der Waals surface area contributed by atoms with E-state index in [2.05, 4.69) is 31.3 Å². The zero-order valence-electron chi connectivity index (χ0n) is 8.68. The Morgan fingerprint density at radius 2 is 2.07 bits per heavy atom. The molecule has 2 heteroatoms. The smallest absolute Gasteiger partial charge is 0.0441 e. The van der Waals surface area contributed by atoms with Crippen molar-refractivity contribution in [1.82, 2.24) is 5.32 Å². The summed E-state index contributed by atoms with van der Waals surface area (Å²) in [6, 6.07) is 8.16. The van der Waals surface area contributed by atoms with Crippen molar-refractivity contribution >= 4 is 11.6 Å². The van der Waals surface area contributed by atoms with Gasteiger partial charge in [0.05, 0.1) is 0 Å². The van der Waals surface area contributed by atoms with Crippen molar-refractivity contribution in [3.63, 3.8) is 0 Å². The third-order valence-corrected chi connectivity index (χ3v) is 3.27. The molecule has 0 saturated carbocycles. The lowest BCUT2D eigenvalue weighted by Gasteiger charge is -2.17. The molecule has 1 aliphatic heterocycles. The van der Waals surface area contributed by atoms with Crippen LogP contribution in [-0.2, 0) is 0 Å². The Morgan fingerprint density at radius 1 is 1.36 bits per heavy atom. The summed E-state index contributed by atoms with van der Waals surface area (Å²) in [5.41, 5.74) is 1.54. The van der Waals surface area contributed by atoms with Crippen LogP contribution in [0.15, 0.2) is 24.3 Å². The van der Waals surface area contributed by atoms with Gasteiger partial charge in [-0.25, -0.2) is 0 Å². The number of halogens is 1. The Hall–Kier alpha value is -0.530. The molecule has 1 aliphatic rings. The molecule has 1 unspecified atom stereocenters. The Morgan fingerprint density at radius 3 is 2.64 bits per heavy atom. The van der Waals surface area contributed by atoms with Crippen LogP contribution < -0.4 is 5.32 Å². The Bertz CT molecular complexity index is 333. The topological polar surface area (TPSA) is 12.0 Å². The van der Waals surface area contributed by atoms with Crippen molar-refractivity contribution in [2.24, 2.45) is 0 Å². The molecule has 0 bridgehead atoms. The zero-order chi connectivity index (χ0) is 10.2. The van der Waals surface area contributed by atoms with Crippen LogP contribution in [0.5, 0.6) is 0 Å². The summed E-state index contributed by atoms with van der Waals surface area (Å²) in [6.45, 7) is 5.52. The first kappa shape index (κ1) is 10.0. The molecule has 1 saturated heterocycles. The highest BCUT2D eigenvalue weighted by Crippen LogP contribution is 2.34. The molecule has 0 aliphatic carbocycles. The SMILES string of the molecule is CC1(C)CC(c2ccccc2Cl)CN1. The van der Waals surface area contributed by atoms with Gasteiger partial charge in [0.2, 0.25) is 0 Å². The van der Waals surface area contributed by atoms with Gasteiger partial charge in [-0.2, -0.15) is 0 Å². The molecule has 0 spiro atoms. The Kier molecular flexibility index (Phi) is 2.54. The van der Waals surface area contributed by atoms with E-state index in [-0.39, 0.29) is 5.54 Å². The number of benzene rings is 1. The molecule has 0 amide bonds. The van der Waals surface area contributed by atoms with E-state index in [4.69, 9.17) is 11.6 Å². The molecule has 2 rings (SSSR count). The van der Waals surface area contributed by atoms with Crippen LogP contribution in [-0.4, -0.2) is 12.1 Å². The molecule has 1 atom stereocenters. The fraction of sp³-hybridized carbons (Fsp3) is 0.500. The quantitative estimate of drug-likeness (QED) is 0.749. The molecule has 1 fully saturated rings. The van der Waals surface area contributed by atoms with E-state index in [1.165, 1.54) is 5.56 Å². The molecule has 14 heavy (non-hydrogen) atoms. The van der Waals surface area contributed by atoms with Gasteiger partial charge in [-0.1, -0.05) is 29.8 Å². The summed E-state index contributed by atoms with van der Waals surface area (Å²) in [5.74, 6) is 0.568. The van der Waals surface area contributed by atoms with Crippen LogP contribution in [0.3, 0.4) is 0 Å². The maximum absolute atomic E-state index is 6.17. The normalized spacial score (nSPS) is 25.2. The molecule has 1 nitrogen and oxygen atoms in total. The standard InChI is InChI=1S/C12H16ClN/c1-12(2)7-9(8-14-12)10-5-3-4-6-11(10)13/h3-6,9,14H,7-8H2,1-2H3. The average Bonchev–Trinajstić information content (AvgIpc) is 2.47. The van der Waals surface area contributed by atoms with Crippen LogP contribution >= 0.6 is 11.6 Å². The van der Waals surface area contributed by atoms with Crippen molar-refractivity contribution in [1.29, 1.82) is 0 Å². The summed E-state index contributed by atoms with van der Waals surface area (Å²) in [4.78, 5) is 0. The summed E-state index contributed by atoms with van der Waals surface area (Å²) in [5, 5.41) is 4.41. The lowest BCUT2D eigenvalue weighted by molar-refractivity contribution is 0.456. The van der Waals surface area contributed by atoms with Gasteiger partial charge in [-0.3, -0.25) is 0 Å². The minimum atomic E-state index is 0.254. The fourth-order valence-corrected chi connectivity index (χ4v) is 2.48.